The predicted octanol–water partition coefficient (Wildman–Crippen LogP) is 1.85. The molecule has 1 atom stereocenters. The number of carbonyl (C=O) groups excluding carboxylic acids is 1. The van der Waals surface area contributed by atoms with E-state index in [2.05, 4.69) is 10.6 Å². The SMILES string of the molecule is O=C(Nc1cc([N+](=O)[O-])ccc1Cl)C1CSCN1. The van der Waals surface area contributed by atoms with Gasteiger partial charge in [0.15, 0.2) is 0 Å². The summed E-state index contributed by atoms with van der Waals surface area (Å²) in [5.74, 6) is 1.17. The third-order valence-electron chi connectivity index (χ3n) is 2.45. The minimum atomic E-state index is -0.532. The molecule has 6 nitrogen and oxygen atoms in total. The van der Waals surface area contributed by atoms with Crippen LogP contribution in [0.4, 0.5) is 11.4 Å². The highest BCUT2D eigenvalue weighted by molar-refractivity contribution is 7.99. The highest BCUT2D eigenvalue weighted by atomic mass is 35.5. The molecule has 1 saturated heterocycles. The molecule has 1 aliphatic heterocycles. The summed E-state index contributed by atoms with van der Waals surface area (Å²) in [7, 11) is 0. The van der Waals surface area contributed by atoms with Crippen molar-refractivity contribution in [1.29, 1.82) is 0 Å². The summed E-state index contributed by atoms with van der Waals surface area (Å²) in [5, 5.41) is 16.5. The summed E-state index contributed by atoms with van der Waals surface area (Å²) >= 11 is 7.51. The molecular formula is C10H10ClN3O3S. The lowest BCUT2D eigenvalue weighted by Gasteiger charge is -2.11. The normalized spacial score (nSPS) is 18.6. The number of non-ortho nitro benzene ring substituents is 1. The van der Waals surface area contributed by atoms with Gasteiger partial charge in [-0.2, -0.15) is 0 Å². The summed E-state index contributed by atoms with van der Waals surface area (Å²) < 4.78 is 0. The Bertz CT molecular complexity index is 491. The maximum absolute atomic E-state index is 11.8. The van der Waals surface area contributed by atoms with Gasteiger partial charge in [-0.1, -0.05) is 11.6 Å². The highest BCUT2D eigenvalue weighted by Gasteiger charge is 2.23. The number of rotatable bonds is 3. The van der Waals surface area contributed by atoms with E-state index in [1.807, 2.05) is 0 Å². The van der Waals surface area contributed by atoms with Crippen molar-refractivity contribution in [3.8, 4) is 0 Å². The van der Waals surface area contributed by atoms with Crippen LogP contribution in [-0.2, 0) is 4.79 Å². The molecule has 96 valence electrons. The van der Waals surface area contributed by atoms with E-state index in [1.165, 1.54) is 18.2 Å². The van der Waals surface area contributed by atoms with Gasteiger partial charge in [-0.3, -0.25) is 20.2 Å². The van der Waals surface area contributed by atoms with Crippen LogP contribution >= 0.6 is 23.4 Å². The zero-order valence-corrected chi connectivity index (χ0v) is 10.8. The Balaban J connectivity index is 2.14. The average Bonchev–Trinajstić information content (AvgIpc) is 2.85. The Labute approximate surface area is 112 Å². The average molecular weight is 288 g/mol. The van der Waals surface area contributed by atoms with Crippen LogP contribution < -0.4 is 10.6 Å². The van der Waals surface area contributed by atoms with Gasteiger partial charge in [-0.05, 0) is 6.07 Å². The molecule has 1 heterocycles. The van der Waals surface area contributed by atoms with Crippen molar-refractivity contribution in [2.75, 3.05) is 16.9 Å². The molecule has 1 aliphatic rings. The first kappa shape index (κ1) is 13.1. The van der Waals surface area contributed by atoms with Gasteiger partial charge >= 0.3 is 0 Å². The number of hydrogen-bond donors (Lipinski definition) is 2. The fourth-order valence-electron chi connectivity index (χ4n) is 1.51. The van der Waals surface area contributed by atoms with E-state index in [0.717, 1.165) is 5.88 Å². The van der Waals surface area contributed by atoms with E-state index >= 15 is 0 Å². The molecule has 2 rings (SSSR count). The summed E-state index contributed by atoms with van der Waals surface area (Å²) in [5.41, 5.74) is 0.151. The standard InChI is InChI=1S/C10H10ClN3O3S/c11-7-2-1-6(14(16)17)3-8(7)13-10(15)9-4-18-5-12-9/h1-3,9,12H,4-5H2,(H,13,15). The molecule has 18 heavy (non-hydrogen) atoms. The van der Waals surface area contributed by atoms with Crippen LogP contribution in [0, 0.1) is 10.1 Å². The quantitative estimate of drug-likeness (QED) is 0.655. The maximum atomic E-state index is 11.8. The Hall–Kier alpha value is -1.31. The minimum absolute atomic E-state index is 0.108. The number of amides is 1. The molecule has 0 bridgehead atoms. The van der Waals surface area contributed by atoms with E-state index in [1.54, 1.807) is 11.8 Å². The number of nitrogens with one attached hydrogen (secondary N) is 2. The van der Waals surface area contributed by atoms with Gasteiger partial charge in [-0.15, -0.1) is 11.8 Å². The fourth-order valence-corrected chi connectivity index (χ4v) is 2.61. The zero-order valence-electron chi connectivity index (χ0n) is 9.18. The van der Waals surface area contributed by atoms with Gasteiger partial charge in [0.1, 0.15) is 0 Å². The second-order valence-electron chi connectivity index (χ2n) is 3.68. The molecule has 1 amide bonds. The smallest absolute Gasteiger partial charge is 0.271 e. The lowest BCUT2D eigenvalue weighted by Crippen LogP contribution is -2.37. The number of nitro groups is 1. The van der Waals surface area contributed by atoms with Crippen LogP contribution in [0.3, 0.4) is 0 Å². The second kappa shape index (κ2) is 5.55. The number of halogens is 1. The number of anilines is 1. The first-order chi connectivity index (χ1) is 8.58. The van der Waals surface area contributed by atoms with Crippen molar-refractivity contribution in [2.45, 2.75) is 6.04 Å². The first-order valence-electron chi connectivity index (χ1n) is 5.14. The van der Waals surface area contributed by atoms with Gasteiger partial charge in [-0.25, -0.2) is 0 Å². The van der Waals surface area contributed by atoms with Crippen LogP contribution in [0.15, 0.2) is 18.2 Å². The Morgan fingerprint density at radius 1 is 1.61 bits per heavy atom. The van der Waals surface area contributed by atoms with Gasteiger partial charge < -0.3 is 5.32 Å². The van der Waals surface area contributed by atoms with E-state index < -0.39 is 4.92 Å². The number of nitro benzene ring substituents is 1. The summed E-state index contributed by atoms with van der Waals surface area (Å²) in [6.07, 6.45) is 0. The lowest BCUT2D eigenvalue weighted by molar-refractivity contribution is -0.384. The molecular weight excluding hydrogens is 278 g/mol. The molecule has 8 heteroatoms. The van der Waals surface area contributed by atoms with Crippen molar-refractivity contribution in [1.82, 2.24) is 5.32 Å². The number of benzene rings is 1. The van der Waals surface area contributed by atoms with Gasteiger partial charge in [0.25, 0.3) is 5.69 Å². The van der Waals surface area contributed by atoms with Crippen molar-refractivity contribution in [3.63, 3.8) is 0 Å². The predicted molar refractivity (Wildman–Crippen MR) is 71.0 cm³/mol. The monoisotopic (exact) mass is 287 g/mol. The molecule has 0 spiro atoms. The molecule has 1 aromatic carbocycles. The lowest BCUT2D eigenvalue weighted by atomic mass is 10.2. The summed E-state index contributed by atoms with van der Waals surface area (Å²) in [4.78, 5) is 21.9. The van der Waals surface area contributed by atoms with E-state index in [-0.39, 0.29) is 28.3 Å². The summed E-state index contributed by atoms with van der Waals surface area (Å²) in [6, 6.07) is 3.65. The minimum Gasteiger partial charge on any atom is -0.323 e. The Kier molecular flexibility index (Phi) is 4.05. The number of nitrogens with zero attached hydrogens (tertiary/aromatic N) is 1. The van der Waals surface area contributed by atoms with E-state index in [4.69, 9.17) is 11.6 Å². The maximum Gasteiger partial charge on any atom is 0.271 e. The second-order valence-corrected chi connectivity index (χ2v) is 5.12. The highest BCUT2D eigenvalue weighted by Crippen LogP contribution is 2.27. The summed E-state index contributed by atoms with van der Waals surface area (Å²) in [6.45, 7) is 0. The van der Waals surface area contributed by atoms with Gasteiger partial charge in [0, 0.05) is 23.8 Å². The van der Waals surface area contributed by atoms with E-state index in [9.17, 15) is 14.9 Å². The van der Waals surface area contributed by atoms with Crippen molar-refractivity contribution < 1.29 is 9.72 Å². The largest absolute Gasteiger partial charge is 0.323 e. The topological polar surface area (TPSA) is 84.3 Å². The molecule has 1 aromatic rings. The first-order valence-corrected chi connectivity index (χ1v) is 6.67. The van der Waals surface area contributed by atoms with Crippen LogP contribution in [-0.4, -0.2) is 28.5 Å². The fraction of sp³-hybridized carbons (Fsp3) is 0.300. The molecule has 2 N–H and O–H groups in total. The third-order valence-corrected chi connectivity index (χ3v) is 3.72. The Morgan fingerprint density at radius 2 is 2.39 bits per heavy atom. The molecule has 0 aromatic heterocycles. The van der Waals surface area contributed by atoms with Crippen LogP contribution in [0.2, 0.25) is 5.02 Å². The zero-order chi connectivity index (χ0) is 13.1. The third kappa shape index (κ3) is 2.92. The van der Waals surface area contributed by atoms with Crippen LogP contribution in [0.1, 0.15) is 0 Å². The van der Waals surface area contributed by atoms with Crippen LogP contribution in [0.5, 0.6) is 0 Å². The van der Waals surface area contributed by atoms with Crippen molar-refractivity contribution in [3.05, 3.63) is 33.3 Å². The number of carbonyl (C=O) groups is 1. The molecule has 1 unspecified atom stereocenters. The van der Waals surface area contributed by atoms with Gasteiger partial charge in [0.2, 0.25) is 5.91 Å². The molecule has 1 fully saturated rings. The number of hydrogen-bond acceptors (Lipinski definition) is 5. The van der Waals surface area contributed by atoms with Crippen molar-refractivity contribution >= 4 is 40.6 Å². The van der Waals surface area contributed by atoms with Crippen molar-refractivity contribution in [2.24, 2.45) is 0 Å². The van der Waals surface area contributed by atoms with Gasteiger partial charge in [0.05, 0.1) is 21.7 Å². The molecule has 0 saturated carbocycles. The molecule has 0 aliphatic carbocycles. The number of thioether (sulfide) groups is 1. The molecule has 0 radical (unpaired) electrons. The Morgan fingerprint density at radius 3 is 3.00 bits per heavy atom. The van der Waals surface area contributed by atoms with Crippen LogP contribution in [0.25, 0.3) is 0 Å². The van der Waals surface area contributed by atoms with E-state index in [0.29, 0.717) is 5.75 Å².